The maximum atomic E-state index is 12.0. The molecule has 102 valence electrons. The lowest BCUT2D eigenvalue weighted by Gasteiger charge is -2.16. The minimum absolute atomic E-state index is 0.132. The van der Waals surface area contributed by atoms with Crippen molar-refractivity contribution < 1.29 is 18.0 Å². The summed E-state index contributed by atoms with van der Waals surface area (Å²) in [6.07, 6.45) is 0. The number of sulfonamides is 1. The van der Waals surface area contributed by atoms with Gasteiger partial charge in [-0.05, 0) is 12.1 Å². The van der Waals surface area contributed by atoms with E-state index in [1.54, 1.807) is 24.3 Å². The smallest absolute Gasteiger partial charge is 0.261 e. The summed E-state index contributed by atoms with van der Waals surface area (Å²) >= 11 is 0. The Morgan fingerprint density at radius 3 is 1.95 bits per heavy atom. The highest BCUT2D eigenvalue weighted by Gasteiger charge is 2.35. The summed E-state index contributed by atoms with van der Waals surface area (Å²) in [4.78, 5) is 25.0. The number of rotatable bonds is 4. The third kappa shape index (κ3) is 2.39. The van der Waals surface area contributed by atoms with Crippen LogP contribution < -0.4 is 0 Å². The van der Waals surface area contributed by atoms with Gasteiger partial charge < -0.3 is 0 Å². The summed E-state index contributed by atoms with van der Waals surface area (Å²) in [5, 5.41) is 0. The summed E-state index contributed by atoms with van der Waals surface area (Å²) in [6.45, 7) is -0.132. The summed E-state index contributed by atoms with van der Waals surface area (Å²) < 4.78 is 24.4. The van der Waals surface area contributed by atoms with E-state index in [1.165, 1.54) is 14.1 Å². The van der Waals surface area contributed by atoms with Gasteiger partial charge in [0.2, 0.25) is 10.0 Å². The number of carbonyl (C=O) groups is 2. The fraction of sp³-hybridized carbons (Fsp3) is 0.333. The van der Waals surface area contributed by atoms with Crippen LogP contribution in [0.1, 0.15) is 20.7 Å². The first-order valence-electron chi connectivity index (χ1n) is 5.70. The molecule has 0 N–H and O–H groups in total. The van der Waals surface area contributed by atoms with Gasteiger partial charge in [-0.2, -0.15) is 0 Å². The van der Waals surface area contributed by atoms with E-state index in [2.05, 4.69) is 0 Å². The van der Waals surface area contributed by atoms with Crippen LogP contribution in [0.25, 0.3) is 0 Å². The van der Waals surface area contributed by atoms with Crippen molar-refractivity contribution >= 4 is 21.8 Å². The number of hydrogen-bond acceptors (Lipinski definition) is 4. The van der Waals surface area contributed by atoms with E-state index in [1.807, 2.05) is 0 Å². The molecule has 0 aliphatic carbocycles. The zero-order chi connectivity index (χ0) is 14.2. The van der Waals surface area contributed by atoms with Crippen molar-refractivity contribution in [2.24, 2.45) is 0 Å². The Hall–Kier alpha value is -1.73. The molecule has 6 nitrogen and oxygen atoms in total. The molecule has 1 aromatic rings. The third-order valence-electron chi connectivity index (χ3n) is 3.01. The van der Waals surface area contributed by atoms with Crippen molar-refractivity contribution in [3.05, 3.63) is 35.4 Å². The SMILES string of the molecule is CN(C)S(=O)(=O)CCN1C(=O)c2ccccc2C1=O. The molecule has 0 fully saturated rings. The zero-order valence-electron chi connectivity index (χ0n) is 10.7. The van der Waals surface area contributed by atoms with Crippen molar-refractivity contribution in [2.45, 2.75) is 0 Å². The predicted molar refractivity (Wildman–Crippen MR) is 69.3 cm³/mol. The van der Waals surface area contributed by atoms with Crippen LogP contribution >= 0.6 is 0 Å². The molecule has 19 heavy (non-hydrogen) atoms. The lowest BCUT2D eigenvalue weighted by atomic mass is 10.1. The fourth-order valence-corrected chi connectivity index (χ4v) is 2.61. The Morgan fingerprint density at radius 1 is 1.05 bits per heavy atom. The lowest BCUT2D eigenvalue weighted by molar-refractivity contribution is 0.0664. The van der Waals surface area contributed by atoms with Crippen molar-refractivity contribution in [2.75, 3.05) is 26.4 Å². The van der Waals surface area contributed by atoms with E-state index in [9.17, 15) is 18.0 Å². The summed E-state index contributed by atoms with van der Waals surface area (Å²) in [5.41, 5.74) is 0.657. The second kappa shape index (κ2) is 4.75. The Kier molecular flexibility index (Phi) is 3.42. The molecule has 0 bridgehead atoms. The van der Waals surface area contributed by atoms with Crippen LogP contribution in [0, 0.1) is 0 Å². The van der Waals surface area contributed by atoms with Crippen LogP contribution in [0.5, 0.6) is 0 Å². The third-order valence-corrected chi connectivity index (χ3v) is 4.82. The molecule has 0 saturated carbocycles. The summed E-state index contributed by atoms with van der Waals surface area (Å²) in [5.74, 6) is -1.14. The monoisotopic (exact) mass is 282 g/mol. The number of carbonyl (C=O) groups excluding carboxylic acids is 2. The number of fused-ring (bicyclic) bond motifs is 1. The quantitative estimate of drug-likeness (QED) is 0.738. The Bertz CT molecular complexity index is 602. The zero-order valence-corrected chi connectivity index (χ0v) is 11.5. The van der Waals surface area contributed by atoms with Gasteiger partial charge in [0.25, 0.3) is 11.8 Å². The molecule has 0 spiro atoms. The molecule has 1 aromatic carbocycles. The molecule has 2 rings (SSSR count). The molecule has 1 heterocycles. The van der Waals surface area contributed by atoms with Gasteiger partial charge in [0, 0.05) is 20.6 Å². The van der Waals surface area contributed by atoms with Crippen LogP contribution in [0.4, 0.5) is 0 Å². The number of nitrogens with zero attached hydrogens (tertiary/aromatic N) is 2. The van der Waals surface area contributed by atoms with Crippen molar-refractivity contribution in [1.82, 2.24) is 9.21 Å². The first-order chi connectivity index (χ1) is 8.84. The van der Waals surface area contributed by atoms with Crippen molar-refractivity contribution in [1.29, 1.82) is 0 Å². The van der Waals surface area contributed by atoms with Crippen molar-refractivity contribution in [3.63, 3.8) is 0 Å². The maximum absolute atomic E-state index is 12.0. The standard InChI is InChI=1S/C12H14N2O4S/c1-13(2)19(17,18)8-7-14-11(15)9-5-3-4-6-10(9)12(14)16/h3-6H,7-8H2,1-2H3. The van der Waals surface area contributed by atoms with E-state index < -0.39 is 21.8 Å². The molecule has 0 atom stereocenters. The maximum Gasteiger partial charge on any atom is 0.261 e. The number of amides is 2. The fourth-order valence-electron chi connectivity index (χ4n) is 1.83. The molecule has 1 aliphatic rings. The molecule has 2 amide bonds. The molecule has 0 aromatic heterocycles. The van der Waals surface area contributed by atoms with Gasteiger partial charge in [0.15, 0.2) is 0 Å². The van der Waals surface area contributed by atoms with Crippen LogP contribution in [0.15, 0.2) is 24.3 Å². The number of imide groups is 1. The van der Waals surface area contributed by atoms with Gasteiger partial charge in [-0.1, -0.05) is 12.1 Å². The second-order valence-corrected chi connectivity index (χ2v) is 6.71. The van der Waals surface area contributed by atoms with E-state index >= 15 is 0 Å². The van der Waals surface area contributed by atoms with Crippen LogP contribution in [-0.2, 0) is 10.0 Å². The molecule has 1 aliphatic heterocycles. The van der Waals surface area contributed by atoms with E-state index in [0.29, 0.717) is 11.1 Å². The van der Waals surface area contributed by atoms with Gasteiger partial charge in [0.1, 0.15) is 0 Å². The van der Waals surface area contributed by atoms with Gasteiger partial charge in [-0.3, -0.25) is 14.5 Å². The van der Waals surface area contributed by atoms with Gasteiger partial charge in [0.05, 0.1) is 16.9 Å². The molecule has 0 radical (unpaired) electrons. The molecular formula is C12H14N2O4S. The van der Waals surface area contributed by atoms with Gasteiger partial charge in [-0.25, -0.2) is 12.7 Å². The Morgan fingerprint density at radius 2 is 1.53 bits per heavy atom. The minimum Gasteiger partial charge on any atom is -0.273 e. The molecule has 0 unspecified atom stereocenters. The van der Waals surface area contributed by atoms with Gasteiger partial charge >= 0.3 is 0 Å². The van der Waals surface area contributed by atoms with Crippen LogP contribution in [0.3, 0.4) is 0 Å². The normalized spacial score (nSPS) is 15.2. The number of benzene rings is 1. The van der Waals surface area contributed by atoms with E-state index in [-0.39, 0.29) is 12.3 Å². The Balaban J connectivity index is 2.18. The molecule has 0 saturated heterocycles. The minimum atomic E-state index is -3.43. The first-order valence-corrected chi connectivity index (χ1v) is 7.31. The highest BCUT2D eigenvalue weighted by molar-refractivity contribution is 7.89. The van der Waals surface area contributed by atoms with Crippen molar-refractivity contribution in [3.8, 4) is 0 Å². The first kappa shape index (κ1) is 13.7. The topological polar surface area (TPSA) is 74.8 Å². The lowest BCUT2D eigenvalue weighted by Crippen LogP contribution is -2.37. The van der Waals surface area contributed by atoms with E-state index in [0.717, 1.165) is 9.21 Å². The number of hydrogen-bond donors (Lipinski definition) is 0. The second-order valence-electron chi connectivity index (χ2n) is 4.41. The summed E-state index contributed by atoms with van der Waals surface area (Å²) in [7, 11) is -0.604. The van der Waals surface area contributed by atoms with Gasteiger partial charge in [-0.15, -0.1) is 0 Å². The molecular weight excluding hydrogens is 268 g/mol. The highest BCUT2D eigenvalue weighted by Crippen LogP contribution is 2.22. The predicted octanol–water partition coefficient (Wildman–Crippen LogP) is 0.174. The average Bonchev–Trinajstić information content (AvgIpc) is 2.60. The summed E-state index contributed by atoms with van der Waals surface area (Å²) in [6, 6.07) is 6.47. The Labute approximate surface area is 111 Å². The highest BCUT2D eigenvalue weighted by atomic mass is 32.2. The van der Waals surface area contributed by atoms with Crippen LogP contribution in [-0.4, -0.2) is 55.8 Å². The molecule has 7 heteroatoms. The van der Waals surface area contributed by atoms with Crippen LogP contribution in [0.2, 0.25) is 0 Å². The average molecular weight is 282 g/mol. The largest absolute Gasteiger partial charge is 0.273 e. The van der Waals surface area contributed by atoms with E-state index in [4.69, 9.17) is 0 Å².